The Bertz CT molecular complexity index is 1180. The van der Waals surface area contributed by atoms with Crippen molar-refractivity contribution in [3.05, 3.63) is 44.6 Å². The van der Waals surface area contributed by atoms with E-state index in [2.05, 4.69) is 9.97 Å². The minimum absolute atomic E-state index is 0.0110. The first kappa shape index (κ1) is 19.2. The molecule has 8 nitrogen and oxygen atoms in total. The highest BCUT2D eigenvalue weighted by Crippen LogP contribution is 2.68. The molecule has 2 aliphatic carbocycles. The normalized spacial score (nSPS) is 36.3. The number of thioether (sulfide) groups is 1. The number of rotatable bonds is 3. The zero-order chi connectivity index (χ0) is 21.6. The van der Waals surface area contributed by atoms with Gasteiger partial charge in [0, 0.05) is 28.4 Å². The molecular weight excluding hydrogens is 438 g/mol. The smallest absolute Gasteiger partial charge is 0.326 e. The summed E-state index contributed by atoms with van der Waals surface area (Å²) < 4.78 is 0. The van der Waals surface area contributed by atoms with Crippen molar-refractivity contribution >= 4 is 40.9 Å². The molecule has 0 aromatic carbocycles. The number of aromatic nitrogens is 2. The van der Waals surface area contributed by atoms with E-state index >= 15 is 0 Å². The highest BCUT2D eigenvalue weighted by atomic mass is 32.2. The summed E-state index contributed by atoms with van der Waals surface area (Å²) in [6.45, 7) is 1.39. The van der Waals surface area contributed by atoms with Gasteiger partial charge >= 0.3 is 10.8 Å². The van der Waals surface area contributed by atoms with Crippen LogP contribution in [0, 0.1) is 29.6 Å². The van der Waals surface area contributed by atoms with Crippen molar-refractivity contribution in [2.45, 2.75) is 35.6 Å². The maximum atomic E-state index is 13.3. The average Bonchev–Trinajstić information content (AvgIpc) is 3.47. The first-order valence-corrected chi connectivity index (χ1v) is 12.0. The summed E-state index contributed by atoms with van der Waals surface area (Å²) in [6, 6.07) is 2.71. The molecular formula is C21H19N3O5S2. The molecule has 0 unspecified atom stereocenters. The molecule has 1 saturated heterocycles. The first-order chi connectivity index (χ1) is 14.9. The number of thiazole rings is 1. The van der Waals surface area contributed by atoms with Gasteiger partial charge in [-0.25, -0.2) is 4.79 Å². The van der Waals surface area contributed by atoms with Crippen LogP contribution >= 0.6 is 23.1 Å². The van der Waals surface area contributed by atoms with E-state index in [1.807, 2.05) is 18.3 Å². The topological polar surface area (TPSA) is 120 Å². The zero-order valence-corrected chi connectivity index (χ0v) is 18.1. The number of aromatic amines is 1. The van der Waals surface area contributed by atoms with Crippen LogP contribution in [-0.4, -0.2) is 49.0 Å². The number of nitrogens with zero attached hydrogens (tertiary/aromatic N) is 2. The number of likely N-dealkylation sites (tertiary alicyclic amines) is 1. The van der Waals surface area contributed by atoms with Gasteiger partial charge in [-0.05, 0) is 42.7 Å². The second kappa shape index (κ2) is 6.52. The number of H-pyrrole nitrogens is 1. The zero-order valence-electron chi connectivity index (χ0n) is 16.4. The van der Waals surface area contributed by atoms with Gasteiger partial charge in [0.05, 0.1) is 16.9 Å². The number of hydrogen-bond acceptors (Lipinski definition) is 7. The Morgan fingerprint density at radius 2 is 2.00 bits per heavy atom. The van der Waals surface area contributed by atoms with Crippen LogP contribution in [0.1, 0.15) is 29.7 Å². The van der Waals surface area contributed by atoms with Gasteiger partial charge in [-0.2, -0.15) is 0 Å². The van der Waals surface area contributed by atoms with Gasteiger partial charge in [-0.15, -0.1) is 11.8 Å². The number of amides is 2. The third kappa shape index (κ3) is 2.46. The third-order valence-corrected chi connectivity index (χ3v) is 10.1. The molecule has 0 radical (unpaired) electrons. The lowest BCUT2D eigenvalue weighted by atomic mass is 9.68. The number of carboxylic acid groups (broad SMARTS) is 1. The molecule has 2 aromatic rings. The van der Waals surface area contributed by atoms with Gasteiger partial charge in [0.1, 0.15) is 6.04 Å². The maximum Gasteiger partial charge on any atom is 0.326 e. The van der Waals surface area contributed by atoms with Gasteiger partial charge in [0.15, 0.2) is 0 Å². The fraction of sp³-hybridized carbons (Fsp3) is 0.476. The Morgan fingerprint density at radius 3 is 2.68 bits per heavy atom. The van der Waals surface area contributed by atoms with Crippen molar-refractivity contribution in [1.82, 2.24) is 14.9 Å². The number of pyridine rings is 1. The largest absolute Gasteiger partial charge is 0.480 e. The number of aliphatic carboxylic acids is 1. The van der Waals surface area contributed by atoms with Crippen LogP contribution in [0.4, 0.5) is 0 Å². The molecule has 10 heteroatoms. The van der Waals surface area contributed by atoms with Crippen LogP contribution in [0.25, 0.3) is 0 Å². The SMILES string of the molecule is C[C@H](C(=O)O)N1C(=O)[C@@H]2[C@H]3C[C@@H]([C@@H]2C1=O)[C@@H]1[C@H](c2cccnc2)c2sc(=O)[nH]c2S[C@H]31. The first-order valence-electron chi connectivity index (χ1n) is 10.3. The molecule has 3 fully saturated rings. The fourth-order valence-corrected chi connectivity index (χ4v) is 9.35. The summed E-state index contributed by atoms with van der Waals surface area (Å²) in [5.41, 5.74) is 1.01. The fourth-order valence-electron chi connectivity index (χ4n) is 6.47. The van der Waals surface area contributed by atoms with Crippen LogP contribution < -0.4 is 4.87 Å². The second-order valence-electron chi connectivity index (χ2n) is 8.81. The Labute approximate surface area is 185 Å². The highest BCUT2D eigenvalue weighted by molar-refractivity contribution is 8.00. The number of fused-ring (bicyclic) bond motifs is 9. The van der Waals surface area contributed by atoms with E-state index in [0.717, 1.165) is 26.8 Å². The number of nitrogens with one attached hydrogen (secondary N) is 1. The molecule has 2 amide bonds. The molecule has 8 atom stereocenters. The van der Waals surface area contributed by atoms with E-state index in [0.29, 0.717) is 0 Å². The van der Waals surface area contributed by atoms with Gasteiger partial charge < -0.3 is 10.1 Å². The van der Waals surface area contributed by atoms with Crippen LogP contribution in [0.3, 0.4) is 0 Å². The Balaban J connectivity index is 1.46. The van der Waals surface area contributed by atoms with Gasteiger partial charge in [-0.3, -0.25) is 24.3 Å². The van der Waals surface area contributed by atoms with Gasteiger partial charge in [-0.1, -0.05) is 17.4 Å². The van der Waals surface area contributed by atoms with Crippen molar-refractivity contribution in [3.63, 3.8) is 0 Å². The number of carbonyl (C=O) groups is 3. The number of hydrogen-bond donors (Lipinski definition) is 2. The molecule has 2 bridgehead atoms. The molecule has 160 valence electrons. The minimum Gasteiger partial charge on any atom is -0.480 e. The molecule has 2 N–H and O–H groups in total. The third-order valence-electron chi connectivity index (χ3n) is 7.55. The lowest BCUT2D eigenvalue weighted by molar-refractivity contribution is -0.154. The Kier molecular flexibility index (Phi) is 4.05. The van der Waals surface area contributed by atoms with E-state index in [9.17, 15) is 24.3 Å². The maximum absolute atomic E-state index is 13.3. The van der Waals surface area contributed by atoms with E-state index in [1.54, 1.807) is 18.0 Å². The summed E-state index contributed by atoms with van der Waals surface area (Å²) in [6.07, 6.45) is 4.30. The standard InChI is InChI=1S/C21H19N3O5S2/c1-7(20(27)28)24-18(25)13-9-5-10(14(13)19(24)26)15-12(9)11(8-3-2-4-22-6-8)16-17(30-15)23-21(29)31-16/h2-4,6-7,9-15H,5H2,1H3,(H,23,29)(H,27,28)/t7-,9-,10-,11+,12-,13+,14-,15-/m1/s1. The van der Waals surface area contributed by atoms with E-state index < -0.39 is 23.8 Å². The van der Waals surface area contributed by atoms with Crippen molar-refractivity contribution < 1.29 is 19.5 Å². The van der Waals surface area contributed by atoms with Crippen LogP contribution in [0.2, 0.25) is 0 Å². The average molecular weight is 458 g/mol. The second-order valence-corrected chi connectivity index (χ2v) is 11.0. The van der Waals surface area contributed by atoms with Crippen LogP contribution in [0.5, 0.6) is 0 Å². The summed E-state index contributed by atoms with van der Waals surface area (Å²) in [7, 11) is 0. The summed E-state index contributed by atoms with van der Waals surface area (Å²) >= 11 is 2.82. The molecule has 6 rings (SSSR count). The molecule has 31 heavy (non-hydrogen) atoms. The van der Waals surface area contributed by atoms with E-state index in [-0.39, 0.29) is 45.6 Å². The predicted octanol–water partition coefficient (Wildman–Crippen LogP) is 1.78. The monoisotopic (exact) mass is 457 g/mol. The van der Waals surface area contributed by atoms with Crippen molar-refractivity contribution in [2.75, 3.05) is 0 Å². The number of carboxylic acids is 1. The van der Waals surface area contributed by atoms with Gasteiger partial charge in [0.2, 0.25) is 11.8 Å². The van der Waals surface area contributed by atoms with E-state index in [1.165, 1.54) is 18.3 Å². The highest BCUT2D eigenvalue weighted by Gasteiger charge is 2.70. The molecule has 4 heterocycles. The van der Waals surface area contributed by atoms with Crippen LogP contribution in [-0.2, 0) is 14.4 Å². The summed E-state index contributed by atoms with van der Waals surface area (Å²) in [5.74, 6) is -2.81. The molecule has 2 saturated carbocycles. The lowest BCUT2D eigenvalue weighted by Crippen LogP contribution is -2.44. The molecule has 4 aliphatic rings. The van der Waals surface area contributed by atoms with Crippen molar-refractivity contribution in [1.29, 1.82) is 0 Å². The van der Waals surface area contributed by atoms with E-state index in [4.69, 9.17) is 0 Å². The summed E-state index contributed by atoms with van der Waals surface area (Å²) in [5, 5.41) is 10.4. The molecule has 2 aromatic heterocycles. The number of carbonyl (C=O) groups excluding carboxylic acids is 2. The lowest BCUT2D eigenvalue weighted by Gasteiger charge is -2.42. The Hall–Kier alpha value is -2.46. The summed E-state index contributed by atoms with van der Waals surface area (Å²) in [4.78, 5) is 59.2. The van der Waals surface area contributed by atoms with Crippen molar-refractivity contribution in [2.24, 2.45) is 29.6 Å². The minimum atomic E-state index is -1.17. The van der Waals surface area contributed by atoms with Crippen molar-refractivity contribution in [3.8, 4) is 0 Å². The predicted molar refractivity (Wildman–Crippen MR) is 112 cm³/mol. The number of imide groups is 1. The molecule has 2 aliphatic heterocycles. The van der Waals surface area contributed by atoms with Gasteiger partial charge in [0.25, 0.3) is 0 Å². The Morgan fingerprint density at radius 1 is 1.26 bits per heavy atom. The molecule has 0 spiro atoms. The van der Waals surface area contributed by atoms with Crippen LogP contribution in [0.15, 0.2) is 34.3 Å². The quantitative estimate of drug-likeness (QED) is 0.674.